The number of carbonyl (C=O) groups is 4. The molecule has 0 aliphatic rings. The van der Waals surface area contributed by atoms with Crippen LogP contribution in [0, 0.1) is 0 Å². The molecule has 0 bridgehead atoms. The fourth-order valence-corrected chi connectivity index (χ4v) is 13.1. The molecule has 0 aliphatic heterocycles. The first-order chi connectivity index (χ1) is 51.7. The topological polar surface area (TPSA) is 237 Å². The van der Waals surface area contributed by atoms with E-state index >= 15 is 0 Å². The molecule has 0 heterocycles. The largest absolute Gasteiger partial charge is 0.472 e. The standard InChI is InChI=1S/C87H154O17P2/c1-5-9-13-17-21-25-29-33-36-38-40-42-45-49-52-56-60-64-68-72-85(90)98-78-83(104-87(92)74-70-66-62-58-54-50-46-43-41-39-37-34-30-26-22-18-14-10-6-2)80-102-106(95,96)100-76-81(88)75-99-105(93,94)101-79-82(103-86(91)73-69-65-61-57-53-47-32-28-24-20-16-12-8-4)77-97-84(89)71-67-63-59-55-51-48-44-35-31-27-23-19-15-11-7-3/h9,13,21-22,25-26,33-37,40-44,81-83,88H,5-8,10-12,14-20,23-24,27-32,38-39,45-80H2,1-4H3,(H,93,94)(H,95,96)/b13-9-,25-21-,26-22-,36-33-,37-34-,42-40-,43-41-,44-35-. The number of aliphatic hydroxyl groups excluding tert-OH is 1. The molecule has 19 heteroatoms. The Morgan fingerprint density at radius 3 is 0.783 bits per heavy atom. The van der Waals surface area contributed by atoms with Gasteiger partial charge in [-0.3, -0.25) is 37.3 Å². The average molecular weight is 1530 g/mol. The molecule has 0 aromatic carbocycles. The van der Waals surface area contributed by atoms with Crippen molar-refractivity contribution in [1.82, 2.24) is 0 Å². The highest BCUT2D eigenvalue weighted by atomic mass is 31.2. The molecule has 106 heavy (non-hydrogen) atoms. The minimum atomic E-state index is -4.99. The molecule has 0 aromatic heterocycles. The number of allylic oxidation sites excluding steroid dienone is 16. The van der Waals surface area contributed by atoms with Gasteiger partial charge >= 0.3 is 39.5 Å². The summed E-state index contributed by atoms with van der Waals surface area (Å²) in [6, 6.07) is 0. The van der Waals surface area contributed by atoms with Gasteiger partial charge in [0.15, 0.2) is 12.2 Å². The van der Waals surface area contributed by atoms with Crippen LogP contribution in [0.4, 0.5) is 0 Å². The molecule has 0 aliphatic carbocycles. The quantitative estimate of drug-likeness (QED) is 0.0169. The van der Waals surface area contributed by atoms with E-state index in [-0.39, 0.29) is 25.7 Å². The lowest BCUT2D eigenvalue weighted by Crippen LogP contribution is -2.30. The maximum absolute atomic E-state index is 13.1. The van der Waals surface area contributed by atoms with E-state index in [9.17, 15) is 43.2 Å². The summed E-state index contributed by atoms with van der Waals surface area (Å²) in [6.07, 6.45) is 85.0. The van der Waals surface area contributed by atoms with Crippen LogP contribution in [0.15, 0.2) is 97.2 Å². The molecule has 0 saturated carbocycles. The molecular weight excluding hydrogens is 1380 g/mol. The molecule has 0 saturated heterocycles. The number of ether oxygens (including phenoxy) is 4. The molecule has 0 radical (unpaired) electrons. The first kappa shape index (κ1) is 102. The number of aliphatic hydroxyl groups is 1. The highest BCUT2D eigenvalue weighted by Crippen LogP contribution is 2.45. The van der Waals surface area contributed by atoms with Gasteiger partial charge in [-0.25, -0.2) is 9.13 Å². The van der Waals surface area contributed by atoms with E-state index in [1.54, 1.807) is 0 Å². The monoisotopic (exact) mass is 1530 g/mol. The zero-order chi connectivity index (χ0) is 77.4. The molecule has 0 fully saturated rings. The minimum absolute atomic E-state index is 0.0772. The number of carbonyl (C=O) groups excluding carboxylic acids is 4. The van der Waals surface area contributed by atoms with Crippen LogP contribution in [0.1, 0.15) is 374 Å². The zero-order valence-electron chi connectivity index (χ0n) is 67.3. The van der Waals surface area contributed by atoms with Crippen LogP contribution in [0.3, 0.4) is 0 Å². The summed E-state index contributed by atoms with van der Waals surface area (Å²) < 4.78 is 68.8. The Morgan fingerprint density at radius 2 is 0.491 bits per heavy atom. The molecule has 5 atom stereocenters. The van der Waals surface area contributed by atoms with E-state index in [1.165, 1.54) is 109 Å². The maximum Gasteiger partial charge on any atom is 0.472 e. The van der Waals surface area contributed by atoms with Gasteiger partial charge in [-0.2, -0.15) is 0 Å². The van der Waals surface area contributed by atoms with Crippen LogP contribution in [0.25, 0.3) is 0 Å². The van der Waals surface area contributed by atoms with E-state index in [0.717, 1.165) is 186 Å². The van der Waals surface area contributed by atoms with Crippen LogP contribution in [0.2, 0.25) is 0 Å². The third-order valence-corrected chi connectivity index (χ3v) is 19.9. The van der Waals surface area contributed by atoms with Crippen molar-refractivity contribution in [2.45, 2.75) is 393 Å². The summed E-state index contributed by atoms with van der Waals surface area (Å²) in [5.41, 5.74) is 0. The summed E-state index contributed by atoms with van der Waals surface area (Å²) in [4.78, 5) is 73.2. The van der Waals surface area contributed by atoms with Gasteiger partial charge in [0.1, 0.15) is 19.3 Å². The Morgan fingerprint density at radius 1 is 0.274 bits per heavy atom. The summed E-state index contributed by atoms with van der Waals surface area (Å²) in [5, 5.41) is 10.7. The highest BCUT2D eigenvalue weighted by molar-refractivity contribution is 7.47. The number of esters is 4. The second-order valence-corrected chi connectivity index (χ2v) is 31.3. The molecule has 5 unspecified atom stereocenters. The number of hydrogen-bond donors (Lipinski definition) is 3. The van der Waals surface area contributed by atoms with Gasteiger partial charge < -0.3 is 33.8 Å². The predicted molar refractivity (Wildman–Crippen MR) is 436 cm³/mol. The van der Waals surface area contributed by atoms with Crippen LogP contribution in [0.5, 0.6) is 0 Å². The van der Waals surface area contributed by atoms with Crippen molar-refractivity contribution in [2.75, 3.05) is 39.6 Å². The second kappa shape index (κ2) is 79.1. The number of phosphoric ester groups is 2. The number of hydrogen-bond acceptors (Lipinski definition) is 15. The smallest absolute Gasteiger partial charge is 0.462 e. The van der Waals surface area contributed by atoms with Crippen LogP contribution in [-0.4, -0.2) is 96.7 Å². The van der Waals surface area contributed by atoms with Crippen LogP contribution < -0.4 is 0 Å². The second-order valence-electron chi connectivity index (χ2n) is 28.4. The Hall–Kier alpha value is -4.02. The lowest BCUT2D eigenvalue weighted by molar-refractivity contribution is -0.161. The predicted octanol–water partition coefficient (Wildman–Crippen LogP) is 25.1. The summed E-state index contributed by atoms with van der Waals surface area (Å²) >= 11 is 0. The van der Waals surface area contributed by atoms with Crippen molar-refractivity contribution >= 4 is 39.5 Å². The average Bonchev–Trinajstić information content (AvgIpc) is 0.903. The molecule has 614 valence electrons. The van der Waals surface area contributed by atoms with Crippen molar-refractivity contribution in [2.24, 2.45) is 0 Å². The number of phosphoric acid groups is 2. The van der Waals surface area contributed by atoms with Gasteiger partial charge in [0.25, 0.3) is 0 Å². The molecule has 0 amide bonds. The summed E-state index contributed by atoms with van der Waals surface area (Å²) in [6.45, 7) is 4.76. The van der Waals surface area contributed by atoms with E-state index in [1.807, 2.05) is 0 Å². The zero-order valence-corrected chi connectivity index (χ0v) is 69.1. The van der Waals surface area contributed by atoms with Crippen molar-refractivity contribution in [3.05, 3.63) is 97.2 Å². The third-order valence-electron chi connectivity index (χ3n) is 18.0. The van der Waals surface area contributed by atoms with Crippen LogP contribution in [-0.2, 0) is 65.4 Å². The van der Waals surface area contributed by atoms with Crippen molar-refractivity contribution in [3.8, 4) is 0 Å². The fraction of sp³-hybridized carbons (Fsp3) is 0.770. The van der Waals surface area contributed by atoms with E-state index < -0.39 is 97.5 Å². The maximum atomic E-state index is 13.1. The SMILES string of the molecule is CC/C=C\C/C=C\C/C=C\C/C=C\CCCCCCCCC(=O)OCC(COP(=O)(O)OCC(O)COP(=O)(O)OCC(COC(=O)CCCCCCC/C=C\CCCCCCCC)OC(=O)CCCCCCCCCCCCCCC)OC(=O)CCCCCCCC/C=C\C/C=C\C/C=C\CCCCC. The summed E-state index contributed by atoms with van der Waals surface area (Å²) in [5.74, 6) is -2.19. The molecule has 0 spiro atoms. The van der Waals surface area contributed by atoms with Gasteiger partial charge in [-0.15, -0.1) is 0 Å². The van der Waals surface area contributed by atoms with Crippen LogP contribution >= 0.6 is 15.6 Å². The highest BCUT2D eigenvalue weighted by Gasteiger charge is 2.30. The van der Waals surface area contributed by atoms with E-state index in [0.29, 0.717) is 25.7 Å². The van der Waals surface area contributed by atoms with Crippen molar-refractivity contribution < 1.29 is 80.2 Å². The molecule has 17 nitrogen and oxygen atoms in total. The minimum Gasteiger partial charge on any atom is -0.462 e. The van der Waals surface area contributed by atoms with Gasteiger partial charge in [0, 0.05) is 25.7 Å². The van der Waals surface area contributed by atoms with Gasteiger partial charge in [0.05, 0.1) is 26.4 Å². The lowest BCUT2D eigenvalue weighted by atomic mass is 10.0. The van der Waals surface area contributed by atoms with Gasteiger partial charge in [0.2, 0.25) is 0 Å². The van der Waals surface area contributed by atoms with E-state index in [4.69, 9.17) is 37.0 Å². The van der Waals surface area contributed by atoms with Gasteiger partial charge in [-0.1, -0.05) is 318 Å². The number of rotatable bonds is 80. The lowest BCUT2D eigenvalue weighted by Gasteiger charge is -2.21. The van der Waals surface area contributed by atoms with Crippen molar-refractivity contribution in [3.63, 3.8) is 0 Å². The van der Waals surface area contributed by atoms with E-state index in [2.05, 4.69) is 125 Å². The summed E-state index contributed by atoms with van der Waals surface area (Å²) in [7, 11) is -9.96. The Balaban J connectivity index is 5.37. The molecular formula is C87H154O17P2. The number of unbranched alkanes of at least 4 members (excludes halogenated alkanes) is 38. The molecule has 0 rings (SSSR count). The third kappa shape index (κ3) is 78.1. The van der Waals surface area contributed by atoms with Crippen molar-refractivity contribution in [1.29, 1.82) is 0 Å². The Kier molecular flexibility index (Phi) is 76.1. The normalized spacial score (nSPS) is 14.3. The molecule has 0 aromatic rings. The molecule has 3 N–H and O–H groups in total. The first-order valence-electron chi connectivity index (χ1n) is 42.5. The van der Waals surface area contributed by atoms with Gasteiger partial charge in [-0.05, 0) is 128 Å². The fourth-order valence-electron chi connectivity index (χ4n) is 11.6. The Labute approximate surface area is 646 Å². The Bertz CT molecular complexity index is 2380. The first-order valence-corrected chi connectivity index (χ1v) is 45.5.